The number of aromatic nitrogens is 1. The van der Waals surface area contributed by atoms with Gasteiger partial charge in [-0.2, -0.15) is 0 Å². The SMILES string of the molecule is CCCCc1ccc(C2CCC(C3CCC(CCC)CC3)CC2)nc1. The average Bonchev–Trinajstić information content (AvgIpc) is 2.68. The van der Waals surface area contributed by atoms with Crippen LogP contribution in [0.15, 0.2) is 18.3 Å². The van der Waals surface area contributed by atoms with E-state index in [1.54, 1.807) is 0 Å². The zero-order valence-corrected chi connectivity index (χ0v) is 16.7. The molecule has 1 heteroatoms. The van der Waals surface area contributed by atoms with Crippen molar-refractivity contribution in [1.29, 1.82) is 0 Å². The first kappa shape index (κ1) is 18.9. The Morgan fingerprint density at radius 2 is 1.52 bits per heavy atom. The third-order valence-electron chi connectivity index (χ3n) is 7.11. The molecule has 0 saturated heterocycles. The predicted octanol–water partition coefficient (Wildman–Crippen LogP) is 7.30. The Morgan fingerprint density at radius 1 is 0.840 bits per heavy atom. The first-order valence-electron chi connectivity index (χ1n) is 11.2. The quantitative estimate of drug-likeness (QED) is 0.507. The molecular weight excluding hydrogens is 302 g/mol. The van der Waals surface area contributed by atoms with E-state index in [2.05, 4.69) is 32.2 Å². The Bertz CT molecular complexity index is 475. The molecule has 2 fully saturated rings. The highest BCUT2D eigenvalue weighted by atomic mass is 14.7. The molecule has 0 aromatic carbocycles. The summed E-state index contributed by atoms with van der Waals surface area (Å²) in [6.45, 7) is 4.61. The molecule has 0 spiro atoms. The topological polar surface area (TPSA) is 12.9 Å². The van der Waals surface area contributed by atoms with Crippen LogP contribution in [0.3, 0.4) is 0 Å². The van der Waals surface area contributed by atoms with Crippen molar-refractivity contribution in [2.45, 2.75) is 103 Å². The molecule has 0 unspecified atom stereocenters. The van der Waals surface area contributed by atoms with Gasteiger partial charge in [0.2, 0.25) is 0 Å². The number of nitrogens with zero attached hydrogens (tertiary/aromatic N) is 1. The third kappa shape index (κ3) is 5.31. The maximum absolute atomic E-state index is 4.82. The Labute approximate surface area is 156 Å². The maximum Gasteiger partial charge on any atom is 0.0434 e. The number of rotatable bonds is 7. The Balaban J connectivity index is 1.44. The molecule has 2 aliphatic rings. The lowest BCUT2D eigenvalue weighted by Crippen LogP contribution is -2.25. The van der Waals surface area contributed by atoms with Crippen LogP contribution < -0.4 is 0 Å². The molecule has 25 heavy (non-hydrogen) atoms. The van der Waals surface area contributed by atoms with E-state index in [9.17, 15) is 0 Å². The minimum atomic E-state index is 0.730. The van der Waals surface area contributed by atoms with Gasteiger partial charge in [-0.3, -0.25) is 4.98 Å². The van der Waals surface area contributed by atoms with Gasteiger partial charge in [0.15, 0.2) is 0 Å². The summed E-state index contributed by atoms with van der Waals surface area (Å²) in [6.07, 6.45) is 20.5. The molecule has 140 valence electrons. The second-order valence-corrected chi connectivity index (χ2v) is 8.88. The molecule has 0 N–H and O–H groups in total. The molecule has 1 nitrogen and oxygen atoms in total. The van der Waals surface area contributed by atoms with Crippen molar-refractivity contribution in [2.24, 2.45) is 17.8 Å². The van der Waals surface area contributed by atoms with Crippen LogP contribution in [0.25, 0.3) is 0 Å². The van der Waals surface area contributed by atoms with Gasteiger partial charge in [-0.25, -0.2) is 0 Å². The van der Waals surface area contributed by atoms with E-state index < -0.39 is 0 Å². The number of hydrogen-bond donors (Lipinski definition) is 0. The number of aryl methyl sites for hydroxylation is 1. The van der Waals surface area contributed by atoms with E-state index in [1.165, 1.54) is 94.7 Å². The summed E-state index contributed by atoms with van der Waals surface area (Å²) in [5, 5.41) is 0. The minimum Gasteiger partial charge on any atom is -0.261 e. The van der Waals surface area contributed by atoms with Crippen LogP contribution >= 0.6 is 0 Å². The van der Waals surface area contributed by atoms with Crippen LogP contribution in [0.2, 0.25) is 0 Å². The first-order valence-corrected chi connectivity index (χ1v) is 11.2. The van der Waals surface area contributed by atoms with Crippen molar-refractivity contribution in [3.8, 4) is 0 Å². The van der Waals surface area contributed by atoms with Gasteiger partial charge in [-0.05, 0) is 80.8 Å². The second kappa shape index (κ2) is 9.74. The van der Waals surface area contributed by atoms with Crippen LogP contribution in [0.4, 0.5) is 0 Å². The lowest BCUT2D eigenvalue weighted by molar-refractivity contribution is 0.156. The van der Waals surface area contributed by atoms with E-state index in [0.717, 1.165) is 23.7 Å². The molecule has 1 aromatic heterocycles. The monoisotopic (exact) mass is 341 g/mol. The highest BCUT2D eigenvalue weighted by Gasteiger charge is 2.31. The largest absolute Gasteiger partial charge is 0.261 e. The summed E-state index contributed by atoms with van der Waals surface area (Å²) < 4.78 is 0. The summed E-state index contributed by atoms with van der Waals surface area (Å²) in [5.74, 6) is 3.84. The van der Waals surface area contributed by atoms with Gasteiger partial charge in [0, 0.05) is 17.8 Å². The predicted molar refractivity (Wildman–Crippen MR) is 108 cm³/mol. The van der Waals surface area contributed by atoms with Crippen molar-refractivity contribution < 1.29 is 0 Å². The standard InChI is InChI=1S/C24H39N/c1-3-5-7-20-10-17-24(25-18-20)23-15-13-22(14-16-23)21-11-8-19(6-4-2)9-12-21/h10,17-19,21-23H,3-9,11-16H2,1-2H3. The van der Waals surface area contributed by atoms with Crippen LogP contribution in [-0.2, 0) is 6.42 Å². The van der Waals surface area contributed by atoms with E-state index in [0.29, 0.717) is 0 Å². The lowest BCUT2D eigenvalue weighted by Gasteiger charge is -2.37. The summed E-state index contributed by atoms with van der Waals surface area (Å²) in [7, 11) is 0. The van der Waals surface area contributed by atoms with E-state index in [4.69, 9.17) is 4.98 Å². The molecule has 0 bridgehead atoms. The smallest absolute Gasteiger partial charge is 0.0434 e. The van der Waals surface area contributed by atoms with Gasteiger partial charge < -0.3 is 0 Å². The van der Waals surface area contributed by atoms with Crippen LogP contribution in [0, 0.1) is 17.8 Å². The van der Waals surface area contributed by atoms with Gasteiger partial charge in [0.25, 0.3) is 0 Å². The van der Waals surface area contributed by atoms with Crippen LogP contribution in [-0.4, -0.2) is 4.98 Å². The molecule has 0 atom stereocenters. The Morgan fingerprint density at radius 3 is 2.08 bits per heavy atom. The summed E-state index contributed by atoms with van der Waals surface area (Å²) >= 11 is 0. The molecule has 1 heterocycles. The number of pyridine rings is 1. The van der Waals surface area contributed by atoms with Crippen molar-refractivity contribution in [3.63, 3.8) is 0 Å². The fourth-order valence-corrected chi connectivity index (χ4v) is 5.45. The van der Waals surface area contributed by atoms with Crippen molar-refractivity contribution in [3.05, 3.63) is 29.6 Å². The average molecular weight is 342 g/mol. The van der Waals surface area contributed by atoms with Crippen molar-refractivity contribution >= 4 is 0 Å². The summed E-state index contributed by atoms with van der Waals surface area (Å²) in [5.41, 5.74) is 2.79. The number of hydrogen-bond acceptors (Lipinski definition) is 1. The first-order chi connectivity index (χ1) is 12.3. The third-order valence-corrected chi connectivity index (χ3v) is 7.11. The zero-order valence-electron chi connectivity index (χ0n) is 16.7. The highest BCUT2D eigenvalue weighted by Crippen LogP contribution is 2.44. The zero-order chi connectivity index (χ0) is 17.5. The molecule has 2 aliphatic carbocycles. The van der Waals surface area contributed by atoms with Gasteiger partial charge in [-0.1, -0.05) is 52.0 Å². The molecule has 1 aromatic rings. The van der Waals surface area contributed by atoms with Crippen LogP contribution in [0.5, 0.6) is 0 Å². The highest BCUT2D eigenvalue weighted by molar-refractivity contribution is 5.17. The Hall–Kier alpha value is -0.850. The van der Waals surface area contributed by atoms with Gasteiger partial charge in [-0.15, -0.1) is 0 Å². The molecule has 2 saturated carbocycles. The minimum absolute atomic E-state index is 0.730. The summed E-state index contributed by atoms with van der Waals surface area (Å²) in [6, 6.07) is 4.66. The van der Waals surface area contributed by atoms with E-state index in [-0.39, 0.29) is 0 Å². The Kier molecular flexibility index (Phi) is 7.37. The second-order valence-electron chi connectivity index (χ2n) is 8.88. The molecule has 0 amide bonds. The summed E-state index contributed by atoms with van der Waals surface area (Å²) in [4.78, 5) is 4.82. The van der Waals surface area contributed by atoms with Crippen molar-refractivity contribution in [2.75, 3.05) is 0 Å². The van der Waals surface area contributed by atoms with Gasteiger partial charge in [0.1, 0.15) is 0 Å². The van der Waals surface area contributed by atoms with Crippen molar-refractivity contribution in [1.82, 2.24) is 4.98 Å². The van der Waals surface area contributed by atoms with E-state index in [1.807, 2.05) is 0 Å². The normalized spacial score (nSPS) is 30.3. The fraction of sp³-hybridized carbons (Fsp3) is 0.792. The molecule has 0 radical (unpaired) electrons. The van der Waals surface area contributed by atoms with Gasteiger partial charge in [0.05, 0.1) is 0 Å². The van der Waals surface area contributed by atoms with E-state index >= 15 is 0 Å². The fourth-order valence-electron chi connectivity index (χ4n) is 5.45. The van der Waals surface area contributed by atoms with Gasteiger partial charge >= 0.3 is 0 Å². The molecule has 3 rings (SSSR count). The number of unbranched alkanes of at least 4 members (excludes halogenated alkanes) is 1. The van der Waals surface area contributed by atoms with Crippen LogP contribution in [0.1, 0.15) is 108 Å². The molecular formula is C24H39N. The maximum atomic E-state index is 4.82. The lowest BCUT2D eigenvalue weighted by atomic mass is 9.68. The molecule has 0 aliphatic heterocycles.